The first-order chi connectivity index (χ1) is 8.03. The zero-order valence-electron chi connectivity index (χ0n) is 9.97. The normalized spacial score (nSPS) is 14.8. The summed E-state index contributed by atoms with van der Waals surface area (Å²) in [7, 11) is 1.50. The van der Waals surface area contributed by atoms with Crippen LogP contribution in [-0.2, 0) is 9.53 Å². The zero-order valence-corrected chi connectivity index (χ0v) is 9.97. The van der Waals surface area contributed by atoms with Gasteiger partial charge >= 0.3 is 0 Å². The van der Waals surface area contributed by atoms with Crippen LogP contribution in [0.4, 0.5) is 0 Å². The van der Waals surface area contributed by atoms with E-state index in [9.17, 15) is 9.90 Å². The van der Waals surface area contributed by atoms with Gasteiger partial charge in [-0.3, -0.25) is 4.79 Å². The molecule has 2 N–H and O–H groups in total. The van der Waals surface area contributed by atoms with Crippen molar-refractivity contribution in [3.05, 3.63) is 30.2 Å². The number of nitrogens with one attached hydrogen (secondary N) is 1. The van der Waals surface area contributed by atoms with Crippen molar-refractivity contribution < 1.29 is 19.1 Å². The minimum absolute atomic E-state index is 0.134. The van der Waals surface area contributed by atoms with Crippen molar-refractivity contribution in [1.29, 1.82) is 0 Å². The van der Waals surface area contributed by atoms with E-state index in [0.717, 1.165) is 5.56 Å². The van der Waals surface area contributed by atoms with Gasteiger partial charge in [0.2, 0.25) is 5.91 Å². The molecule has 0 bridgehead atoms. The SMILES string of the molecule is COCC(C)(O)CNC(=O)/C=C/c1ccoc1. The fourth-order valence-electron chi connectivity index (χ4n) is 1.24. The van der Waals surface area contributed by atoms with Crippen LogP contribution >= 0.6 is 0 Å². The number of aliphatic hydroxyl groups is 1. The van der Waals surface area contributed by atoms with Crippen molar-refractivity contribution in [3.63, 3.8) is 0 Å². The van der Waals surface area contributed by atoms with E-state index in [2.05, 4.69) is 5.32 Å². The third-order valence-electron chi connectivity index (χ3n) is 2.07. The van der Waals surface area contributed by atoms with Crippen molar-refractivity contribution in [1.82, 2.24) is 5.32 Å². The maximum Gasteiger partial charge on any atom is 0.244 e. The van der Waals surface area contributed by atoms with Gasteiger partial charge < -0.3 is 19.6 Å². The average Bonchev–Trinajstić information content (AvgIpc) is 2.76. The molecular formula is C12H17NO4. The fraction of sp³-hybridized carbons (Fsp3) is 0.417. The maximum atomic E-state index is 11.4. The first-order valence-corrected chi connectivity index (χ1v) is 5.23. The second-order valence-corrected chi connectivity index (χ2v) is 4.04. The Kier molecular flexibility index (Phi) is 4.93. The molecule has 0 aliphatic carbocycles. The molecule has 0 spiro atoms. The van der Waals surface area contributed by atoms with Crippen molar-refractivity contribution in [2.24, 2.45) is 0 Å². The number of hydrogen-bond donors (Lipinski definition) is 2. The standard InChI is InChI=1S/C12H17NO4/c1-12(15,9-16-2)8-13-11(14)4-3-10-5-6-17-7-10/h3-7,15H,8-9H2,1-2H3,(H,13,14)/b4-3+. The summed E-state index contributed by atoms with van der Waals surface area (Å²) in [6.07, 6.45) is 6.07. The third kappa shape index (κ3) is 5.33. The van der Waals surface area contributed by atoms with Crippen LogP contribution in [0.1, 0.15) is 12.5 Å². The molecule has 1 aromatic rings. The number of methoxy groups -OCH3 is 1. The lowest BCUT2D eigenvalue weighted by Crippen LogP contribution is -2.43. The number of carbonyl (C=O) groups is 1. The summed E-state index contributed by atoms with van der Waals surface area (Å²) >= 11 is 0. The van der Waals surface area contributed by atoms with Crippen LogP contribution < -0.4 is 5.32 Å². The molecule has 0 saturated carbocycles. The van der Waals surface area contributed by atoms with Crippen molar-refractivity contribution in [3.8, 4) is 0 Å². The Bertz CT molecular complexity index is 368. The second kappa shape index (κ2) is 6.22. The van der Waals surface area contributed by atoms with Gasteiger partial charge in [-0.1, -0.05) is 0 Å². The van der Waals surface area contributed by atoms with E-state index in [1.54, 1.807) is 19.1 Å². The number of furan rings is 1. The van der Waals surface area contributed by atoms with Gasteiger partial charge in [-0.05, 0) is 19.1 Å². The highest BCUT2D eigenvalue weighted by atomic mass is 16.5. The third-order valence-corrected chi connectivity index (χ3v) is 2.07. The summed E-state index contributed by atoms with van der Waals surface area (Å²) in [6, 6.07) is 1.74. The molecule has 0 fully saturated rings. The van der Waals surface area contributed by atoms with Crippen LogP contribution in [0, 0.1) is 0 Å². The van der Waals surface area contributed by atoms with Gasteiger partial charge in [0.1, 0.15) is 5.60 Å². The topological polar surface area (TPSA) is 71.7 Å². The van der Waals surface area contributed by atoms with E-state index < -0.39 is 5.60 Å². The number of rotatable bonds is 6. The minimum Gasteiger partial charge on any atom is -0.472 e. The molecule has 1 rings (SSSR count). The molecule has 1 atom stereocenters. The molecular weight excluding hydrogens is 222 g/mol. The van der Waals surface area contributed by atoms with Gasteiger partial charge in [0.15, 0.2) is 0 Å². The van der Waals surface area contributed by atoms with Gasteiger partial charge in [0, 0.05) is 25.3 Å². The van der Waals surface area contributed by atoms with E-state index in [1.807, 2.05) is 0 Å². The van der Waals surface area contributed by atoms with Crippen LogP contribution in [0.25, 0.3) is 6.08 Å². The lowest BCUT2D eigenvalue weighted by molar-refractivity contribution is -0.118. The first kappa shape index (κ1) is 13.5. The van der Waals surface area contributed by atoms with Crippen LogP contribution in [0.15, 0.2) is 29.1 Å². The Morgan fingerprint density at radius 2 is 2.47 bits per heavy atom. The highest BCUT2D eigenvalue weighted by molar-refractivity contribution is 5.91. The second-order valence-electron chi connectivity index (χ2n) is 4.04. The summed E-state index contributed by atoms with van der Waals surface area (Å²) < 4.78 is 9.68. The first-order valence-electron chi connectivity index (χ1n) is 5.23. The Morgan fingerprint density at radius 1 is 1.71 bits per heavy atom. The number of amides is 1. The largest absolute Gasteiger partial charge is 0.472 e. The molecule has 0 aromatic carbocycles. The van der Waals surface area contributed by atoms with Gasteiger partial charge in [-0.15, -0.1) is 0 Å². The zero-order chi connectivity index (χ0) is 12.7. The summed E-state index contributed by atoms with van der Waals surface area (Å²) in [5, 5.41) is 12.3. The van der Waals surface area contributed by atoms with Gasteiger partial charge in [-0.2, -0.15) is 0 Å². The number of carbonyl (C=O) groups excluding carboxylic acids is 1. The molecule has 5 nitrogen and oxygen atoms in total. The molecule has 0 aliphatic rings. The molecule has 94 valence electrons. The number of ether oxygens (including phenoxy) is 1. The van der Waals surface area contributed by atoms with Crippen molar-refractivity contribution in [2.75, 3.05) is 20.3 Å². The van der Waals surface area contributed by atoms with Gasteiger partial charge in [0.25, 0.3) is 0 Å². The van der Waals surface area contributed by atoms with Crippen LogP contribution in [0.3, 0.4) is 0 Å². The summed E-state index contributed by atoms with van der Waals surface area (Å²) in [5.41, 5.74) is -0.253. The van der Waals surface area contributed by atoms with E-state index in [1.165, 1.54) is 25.7 Å². The smallest absolute Gasteiger partial charge is 0.244 e. The molecule has 1 aromatic heterocycles. The molecule has 0 radical (unpaired) electrons. The molecule has 1 heterocycles. The van der Waals surface area contributed by atoms with Crippen LogP contribution in [0.5, 0.6) is 0 Å². The van der Waals surface area contributed by atoms with Gasteiger partial charge in [0.05, 0.1) is 19.1 Å². The predicted molar refractivity (Wildman–Crippen MR) is 63.3 cm³/mol. The monoisotopic (exact) mass is 239 g/mol. The molecule has 5 heteroatoms. The summed E-state index contributed by atoms with van der Waals surface area (Å²) in [5.74, 6) is -0.275. The minimum atomic E-state index is -1.06. The Balaban J connectivity index is 2.35. The van der Waals surface area contributed by atoms with E-state index in [-0.39, 0.29) is 19.1 Å². The lowest BCUT2D eigenvalue weighted by Gasteiger charge is -2.21. The highest BCUT2D eigenvalue weighted by Crippen LogP contribution is 2.03. The molecule has 1 amide bonds. The lowest BCUT2D eigenvalue weighted by atomic mass is 10.1. The van der Waals surface area contributed by atoms with E-state index in [4.69, 9.17) is 9.15 Å². The average molecular weight is 239 g/mol. The van der Waals surface area contributed by atoms with Crippen LogP contribution in [-0.4, -0.2) is 36.9 Å². The molecule has 0 aliphatic heterocycles. The Labute approximate surface area is 100 Å². The highest BCUT2D eigenvalue weighted by Gasteiger charge is 2.20. The quantitative estimate of drug-likeness (QED) is 0.720. The summed E-state index contributed by atoms with van der Waals surface area (Å²) in [4.78, 5) is 11.4. The number of hydrogen-bond acceptors (Lipinski definition) is 4. The van der Waals surface area contributed by atoms with Crippen molar-refractivity contribution >= 4 is 12.0 Å². The van der Waals surface area contributed by atoms with Gasteiger partial charge in [-0.25, -0.2) is 0 Å². The Morgan fingerprint density at radius 3 is 3.06 bits per heavy atom. The van der Waals surface area contributed by atoms with Crippen molar-refractivity contribution in [2.45, 2.75) is 12.5 Å². The molecule has 17 heavy (non-hydrogen) atoms. The molecule has 1 unspecified atom stereocenters. The fourth-order valence-corrected chi connectivity index (χ4v) is 1.24. The van der Waals surface area contributed by atoms with E-state index in [0.29, 0.717) is 0 Å². The van der Waals surface area contributed by atoms with E-state index >= 15 is 0 Å². The molecule has 0 saturated heterocycles. The summed E-state index contributed by atoms with van der Waals surface area (Å²) in [6.45, 7) is 1.89. The maximum absolute atomic E-state index is 11.4. The van der Waals surface area contributed by atoms with Crippen LogP contribution in [0.2, 0.25) is 0 Å². The Hall–Kier alpha value is -1.59. The predicted octanol–water partition coefficient (Wildman–Crippen LogP) is 0.806.